The van der Waals surface area contributed by atoms with Gasteiger partial charge >= 0.3 is 0 Å². The number of fused-ring (bicyclic) bond motifs is 1. The van der Waals surface area contributed by atoms with E-state index in [4.69, 9.17) is 18.9 Å². The Morgan fingerprint density at radius 3 is 2.55 bits per heavy atom. The van der Waals surface area contributed by atoms with Gasteiger partial charge in [-0.15, -0.1) is 6.58 Å². The minimum Gasteiger partial charge on any atom is -0.392 e. The van der Waals surface area contributed by atoms with Crippen LogP contribution in [0.5, 0.6) is 0 Å². The molecule has 1 aliphatic carbocycles. The van der Waals surface area contributed by atoms with E-state index < -0.39 is 6.29 Å². The molecule has 0 saturated carbocycles. The molecule has 4 aliphatic rings. The molecule has 4 rings (SSSR count). The smallest absolute Gasteiger partial charge is 0.177 e. The third-order valence-corrected chi connectivity index (χ3v) is 6.50. The maximum absolute atomic E-state index is 11.8. The molecule has 6 nitrogen and oxygen atoms in total. The van der Waals surface area contributed by atoms with Crippen LogP contribution < -0.4 is 0 Å². The van der Waals surface area contributed by atoms with E-state index in [1.54, 1.807) is 13.0 Å². The van der Waals surface area contributed by atoms with E-state index >= 15 is 0 Å². The van der Waals surface area contributed by atoms with E-state index in [0.717, 1.165) is 42.6 Å². The average Bonchev–Trinajstić information content (AvgIpc) is 3.58. The molecule has 3 aliphatic heterocycles. The number of hydrogen-bond acceptors (Lipinski definition) is 6. The van der Waals surface area contributed by atoms with Crippen LogP contribution in [0.1, 0.15) is 60.3 Å². The molecular weight excluding hydrogens is 396 g/mol. The fraction of sp³-hybridized carbons (Fsp3) is 0.720. The van der Waals surface area contributed by atoms with Crippen molar-refractivity contribution in [3.8, 4) is 0 Å². The summed E-state index contributed by atoms with van der Waals surface area (Å²) < 4.78 is 22.3. The van der Waals surface area contributed by atoms with Gasteiger partial charge in [-0.3, -0.25) is 4.79 Å². The van der Waals surface area contributed by atoms with Gasteiger partial charge < -0.3 is 24.1 Å². The molecular formula is C25H38O6. The van der Waals surface area contributed by atoms with Gasteiger partial charge in [0, 0.05) is 12.3 Å². The lowest BCUT2D eigenvalue weighted by molar-refractivity contribution is -0.153. The Kier molecular flexibility index (Phi) is 7.59. The maximum Gasteiger partial charge on any atom is 0.177 e. The molecule has 0 aromatic rings. The Labute approximate surface area is 186 Å². The number of Topliss-reactive ketones (excluding diaryl/α,β-unsaturated/α-hetero) is 1. The summed E-state index contributed by atoms with van der Waals surface area (Å²) in [7, 11) is 0. The Bertz CT molecular complexity index is 745. The molecule has 5 unspecified atom stereocenters. The molecule has 31 heavy (non-hydrogen) atoms. The summed E-state index contributed by atoms with van der Waals surface area (Å²) in [5.41, 5.74) is 2.99. The monoisotopic (exact) mass is 434 g/mol. The number of aliphatic hydroxyl groups excluding tert-OH is 1. The number of ether oxygens (including phenoxy) is 4. The molecule has 0 aromatic carbocycles. The molecule has 2 saturated heterocycles. The van der Waals surface area contributed by atoms with Crippen LogP contribution in [0.3, 0.4) is 0 Å². The number of ketones is 1. The van der Waals surface area contributed by atoms with Gasteiger partial charge in [-0.05, 0) is 77.2 Å². The second-order valence-electron chi connectivity index (χ2n) is 10.0. The molecule has 5 atom stereocenters. The van der Waals surface area contributed by atoms with Gasteiger partial charge in [-0.2, -0.15) is 0 Å². The summed E-state index contributed by atoms with van der Waals surface area (Å²) >= 11 is 0. The van der Waals surface area contributed by atoms with Gasteiger partial charge in [0.05, 0.1) is 43.2 Å². The Hall–Kier alpha value is -1.31. The number of aliphatic hydroxyl groups is 1. The number of hydrogen-bond donors (Lipinski definition) is 1. The number of epoxide rings is 2. The first-order valence-electron chi connectivity index (χ1n) is 11.3. The largest absolute Gasteiger partial charge is 0.392 e. The summed E-state index contributed by atoms with van der Waals surface area (Å²) in [5, 5.41) is 9.49. The van der Waals surface area contributed by atoms with Crippen LogP contribution in [0.4, 0.5) is 0 Å². The third kappa shape index (κ3) is 6.83. The van der Waals surface area contributed by atoms with Crippen molar-refractivity contribution in [3.05, 3.63) is 35.5 Å². The van der Waals surface area contributed by atoms with Crippen LogP contribution in [-0.4, -0.2) is 60.4 Å². The number of carbonyl (C=O) groups is 1. The topological polar surface area (TPSA) is 80.8 Å². The van der Waals surface area contributed by atoms with Gasteiger partial charge in [0.25, 0.3) is 0 Å². The van der Waals surface area contributed by atoms with Crippen LogP contribution in [0.2, 0.25) is 0 Å². The van der Waals surface area contributed by atoms with Gasteiger partial charge in [-0.1, -0.05) is 5.57 Å². The summed E-state index contributed by atoms with van der Waals surface area (Å²) in [4.78, 5) is 11.8. The van der Waals surface area contributed by atoms with Gasteiger partial charge in [0.2, 0.25) is 0 Å². The SMILES string of the molecule is C=C(C)CCOC1C=C(CO)C2CC(=O)C(C)=CC2O1.CC1(CCC2OC2(C)C)CO1. The van der Waals surface area contributed by atoms with Crippen LogP contribution in [0.25, 0.3) is 0 Å². The van der Waals surface area contributed by atoms with Crippen LogP contribution in [-0.2, 0) is 23.7 Å². The van der Waals surface area contributed by atoms with Crippen molar-refractivity contribution < 1.29 is 28.8 Å². The van der Waals surface area contributed by atoms with E-state index in [1.807, 2.05) is 13.0 Å². The van der Waals surface area contributed by atoms with Gasteiger partial charge in [-0.25, -0.2) is 0 Å². The normalized spacial score (nSPS) is 35.2. The zero-order chi connectivity index (χ0) is 22.8. The van der Waals surface area contributed by atoms with Crippen molar-refractivity contribution in [1.82, 2.24) is 0 Å². The Balaban J connectivity index is 0.000000207. The molecule has 2 fully saturated rings. The molecule has 0 amide bonds. The van der Waals surface area contributed by atoms with Crippen LogP contribution in [0.15, 0.2) is 35.5 Å². The summed E-state index contributed by atoms with van der Waals surface area (Å²) in [6, 6.07) is 0. The maximum atomic E-state index is 11.8. The second kappa shape index (κ2) is 9.67. The molecule has 6 heteroatoms. The zero-order valence-corrected chi connectivity index (χ0v) is 19.6. The molecule has 0 spiro atoms. The Morgan fingerprint density at radius 1 is 1.32 bits per heavy atom. The lowest BCUT2D eigenvalue weighted by Gasteiger charge is -2.36. The van der Waals surface area contributed by atoms with Crippen molar-refractivity contribution in [2.45, 2.75) is 90.0 Å². The van der Waals surface area contributed by atoms with Crippen molar-refractivity contribution in [3.63, 3.8) is 0 Å². The first kappa shape index (κ1) is 24.3. The highest BCUT2D eigenvalue weighted by atomic mass is 16.7. The highest BCUT2D eigenvalue weighted by Crippen LogP contribution is 2.42. The quantitative estimate of drug-likeness (QED) is 0.461. The lowest BCUT2D eigenvalue weighted by atomic mass is 9.80. The van der Waals surface area contributed by atoms with Crippen molar-refractivity contribution >= 4 is 5.78 Å². The minimum atomic E-state index is -0.463. The molecule has 0 radical (unpaired) electrons. The van der Waals surface area contributed by atoms with Crippen molar-refractivity contribution in [2.75, 3.05) is 19.8 Å². The number of rotatable bonds is 8. The van der Waals surface area contributed by atoms with Gasteiger partial charge in [0.15, 0.2) is 12.1 Å². The molecule has 0 bridgehead atoms. The highest BCUT2D eigenvalue weighted by Gasteiger charge is 2.49. The molecule has 1 N–H and O–H groups in total. The molecule has 3 heterocycles. The standard InChI is InChI=1S/C16H22O4.C9H16O2/c1-10(2)4-5-19-16-7-12(9-17)13-8-14(18)11(3)6-15(13)20-16;1-8(2)7(11-8)4-5-9(3)6-10-9/h6-7,13,15-17H,1,4-5,8-9H2,2-3H3;7H,4-6H2,1-3H3. The zero-order valence-electron chi connectivity index (χ0n) is 19.6. The molecule has 0 aromatic heterocycles. The van der Waals surface area contributed by atoms with E-state index in [9.17, 15) is 9.90 Å². The van der Waals surface area contributed by atoms with E-state index in [-0.39, 0.29) is 35.6 Å². The summed E-state index contributed by atoms with van der Waals surface area (Å²) in [6.07, 6.45) is 6.97. The lowest BCUT2D eigenvalue weighted by Crippen LogP contribution is -2.39. The molecule has 174 valence electrons. The van der Waals surface area contributed by atoms with Gasteiger partial charge in [0.1, 0.15) is 0 Å². The highest BCUT2D eigenvalue weighted by molar-refractivity contribution is 5.96. The predicted molar refractivity (Wildman–Crippen MR) is 119 cm³/mol. The van der Waals surface area contributed by atoms with E-state index in [2.05, 4.69) is 27.4 Å². The first-order chi connectivity index (χ1) is 14.5. The van der Waals surface area contributed by atoms with Crippen molar-refractivity contribution in [1.29, 1.82) is 0 Å². The predicted octanol–water partition coefficient (Wildman–Crippen LogP) is 3.88. The van der Waals surface area contributed by atoms with Crippen LogP contribution >= 0.6 is 0 Å². The number of carbonyl (C=O) groups excluding carboxylic acids is 1. The van der Waals surface area contributed by atoms with E-state index in [0.29, 0.717) is 19.1 Å². The number of allylic oxidation sites excluding steroid dienone is 1. The summed E-state index contributed by atoms with van der Waals surface area (Å²) in [5.74, 6) is 0.0630. The first-order valence-corrected chi connectivity index (χ1v) is 11.3. The fourth-order valence-corrected chi connectivity index (χ4v) is 3.95. The third-order valence-electron chi connectivity index (χ3n) is 6.50. The fourth-order valence-electron chi connectivity index (χ4n) is 3.95. The average molecular weight is 435 g/mol. The second-order valence-corrected chi connectivity index (χ2v) is 10.0. The Morgan fingerprint density at radius 2 is 2.00 bits per heavy atom. The minimum absolute atomic E-state index is 0.0582. The summed E-state index contributed by atoms with van der Waals surface area (Å²) in [6.45, 7) is 15.5. The van der Waals surface area contributed by atoms with Crippen molar-refractivity contribution in [2.24, 2.45) is 5.92 Å². The van der Waals surface area contributed by atoms with Crippen LogP contribution in [0, 0.1) is 5.92 Å². The van der Waals surface area contributed by atoms with E-state index in [1.165, 1.54) is 0 Å².